The van der Waals surface area contributed by atoms with Crippen LogP contribution in [0, 0.1) is 22.7 Å². The van der Waals surface area contributed by atoms with Gasteiger partial charge in [0, 0.05) is 25.7 Å². The summed E-state index contributed by atoms with van der Waals surface area (Å²) < 4.78 is 25.5. The number of hydrazine groups is 1. The molecule has 0 saturated carbocycles. The molecule has 4 N–H and O–H groups in total. The molecule has 3 aliphatic rings. The van der Waals surface area contributed by atoms with Gasteiger partial charge in [-0.05, 0) is 19.1 Å². The standard InChI is InChI=1S/C20H21ClF2N10/c1-11-8-26-2-3-32(11)15-5-12(6-24)4-14(17(15)21)29-19-30-18-13(7-25)9-28-33(18)20(31-19)27-10-16(22)23/h4-5,11,16,26,28H,2-3,8-10H2,1H3,(H2,27,29,30,31). The highest BCUT2D eigenvalue weighted by Gasteiger charge is 2.32. The molecule has 13 heteroatoms. The second-order valence-electron chi connectivity index (χ2n) is 7.57. The van der Waals surface area contributed by atoms with Gasteiger partial charge in [-0.15, -0.1) is 0 Å². The topological polar surface area (TPSA) is 127 Å². The van der Waals surface area contributed by atoms with Crippen LogP contribution < -0.4 is 26.3 Å². The van der Waals surface area contributed by atoms with Crippen molar-refractivity contribution in [2.45, 2.75) is 19.4 Å². The molecule has 0 aliphatic carbocycles. The number of nitrogens with one attached hydrogen (secondary N) is 4. The molecule has 172 valence electrons. The Bertz CT molecular complexity index is 1120. The predicted molar refractivity (Wildman–Crippen MR) is 121 cm³/mol. The molecule has 0 spiro atoms. The van der Waals surface area contributed by atoms with Crippen molar-refractivity contribution in [2.24, 2.45) is 9.98 Å². The SMILES string of the molecule is CC1CNCCN1c1cc(C#N)cc(NC2=NC(=NCC(F)F)N3NCC(C#N)=C3N2)c1Cl. The summed E-state index contributed by atoms with van der Waals surface area (Å²) in [6.07, 6.45) is -2.64. The number of fused-ring (bicyclic) bond motifs is 1. The molecule has 1 fully saturated rings. The van der Waals surface area contributed by atoms with Crippen LogP contribution in [0.4, 0.5) is 20.2 Å². The molecule has 3 aliphatic heterocycles. The third kappa shape index (κ3) is 4.68. The first-order chi connectivity index (χ1) is 15.9. The Hall–Kier alpha value is -3.45. The molecule has 0 aromatic heterocycles. The van der Waals surface area contributed by atoms with Crippen LogP contribution >= 0.6 is 11.6 Å². The molecule has 3 heterocycles. The maximum Gasteiger partial charge on any atom is 0.257 e. The summed E-state index contributed by atoms with van der Waals surface area (Å²) in [5, 5.41) is 30.0. The van der Waals surface area contributed by atoms with Crippen molar-refractivity contribution in [3.05, 3.63) is 34.1 Å². The highest BCUT2D eigenvalue weighted by molar-refractivity contribution is 6.36. The van der Waals surface area contributed by atoms with Gasteiger partial charge in [0.25, 0.3) is 6.43 Å². The Morgan fingerprint density at radius 2 is 2.18 bits per heavy atom. The van der Waals surface area contributed by atoms with E-state index in [1.807, 2.05) is 0 Å². The molecule has 1 aromatic rings. The number of alkyl halides is 2. The first kappa shape index (κ1) is 22.7. The van der Waals surface area contributed by atoms with Gasteiger partial charge in [0.05, 0.1) is 46.2 Å². The average molecular weight is 475 g/mol. The normalized spacial score (nSPS) is 21.5. The number of benzene rings is 1. The number of aliphatic imine (C=N–C) groups is 2. The van der Waals surface area contributed by atoms with E-state index in [-0.39, 0.29) is 24.5 Å². The van der Waals surface area contributed by atoms with Crippen molar-refractivity contribution >= 4 is 34.9 Å². The summed E-state index contributed by atoms with van der Waals surface area (Å²) in [7, 11) is 0. The second kappa shape index (κ2) is 9.58. The molecule has 10 nitrogen and oxygen atoms in total. The zero-order chi connectivity index (χ0) is 23.5. The Balaban J connectivity index is 1.71. The quantitative estimate of drug-likeness (QED) is 0.518. The van der Waals surface area contributed by atoms with Gasteiger partial charge in [-0.1, -0.05) is 11.6 Å². The third-order valence-electron chi connectivity index (χ3n) is 5.32. The molecule has 1 unspecified atom stereocenters. The Kier molecular flexibility index (Phi) is 6.60. The largest absolute Gasteiger partial charge is 0.365 e. The van der Waals surface area contributed by atoms with Crippen molar-refractivity contribution in [3.63, 3.8) is 0 Å². The lowest BCUT2D eigenvalue weighted by molar-refractivity contribution is 0.158. The number of piperazine rings is 1. The van der Waals surface area contributed by atoms with E-state index in [1.54, 1.807) is 12.1 Å². The van der Waals surface area contributed by atoms with Crippen LogP contribution in [0.15, 0.2) is 33.5 Å². The van der Waals surface area contributed by atoms with E-state index in [0.29, 0.717) is 33.4 Å². The Morgan fingerprint density at radius 3 is 2.88 bits per heavy atom. The van der Waals surface area contributed by atoms with E-state index in [4.69, 9.17) is 11.6 Å². The van der Waals surface area contributed by atoms with Crippen LogP contribution in [0.3, 0.4) is 0 Å². The van der Waals surface area contributed by atoms with Gasteiger partial charge in [0.2, 0.25) is 11.9 Å². The molecule has 1 aromatic carbocycles. The van der Waals surface area contributed by atoms with Gasteiger partial charge >= 0.3 is 0 Å². The molecule has 0 radical (unpaired) electrons. The zero-order valence-corrected chi connectivity index (χ0v) is 18.4. The minimum Gasteiger partial charge on any atom is -0.365 e. The number of anilines is 2. The number of rotatable bonds is 4. The maximum atomic E-state index is 12.8. The van der Waals surface area contributed by atoms with E-state index >= 15 is 0 Å². The number of guanidine groups is 2. The minimum absolute atomic E-state index is 0.0275. The maximum absolute atomic E-state index is 12.8. The number of nitriles is 2. The summed E-state index contributed by atoms with van der Waals surface area (Å²) in [6.45, 7) is 3.80. The summed E-state index contributed by atoms with van der Waals surface area (Å²) >= 11 is 6.73. The highest BCUT2D eigenvalue weighted by atomic mass is 35.5. The van der Waals surface area contributed by atoms with E-state index in [2.05, 4.69) is 55.3 Å². The molecular weight excluding hydrogens is 454 g/mol. The zero-order valence-electron chi connectivity index (χ0n) is 17.7. The van der Waals surface area contributed by atoms with E-state index < -0.39 is 13.0 Å². The van der Waals surface area contributed by atoms with Crippen molar-refractivity contribution < 1.29 is 8.78 Å². The minimum atomic E-state index is -2.64. The van der Waals surface area contributed by atoms with E-state index in [1.165, 1.54) is 5.01 Å². The molecule has 33 heavy (non-hydrogen) atoms. The molecule has 1 saturated heterocycles. The molecule has 0 amide bonds. The van der Waals surface area contributed by atoms with E-state index in [9.17, 15) is 19.3 Å². The molecule has 4 rings (SSSR count). The summed E-state index contributed by atoms with van der Waals surface area (Å²) in [4.78, 5) is 10.3. The highest BCUT2D eigenvalue weighted by Crippen LogP contribution is 2.36. The monoisotopic (exact) mass is 474 g/mol. The Morgan fingerprint density at radius 1 is 1.36 bits per heavy atom. The number of nitrogens with zero attached hydrogens (tertiary/aromatic N) is 6. The van der Waals surface area contributed by atoms with Crippen LogP contribution in [0.5, 0.6) is 0 Å². The fraction of sp³-hybridized carbons (Fsp3) is 0.400. The molecule has 0 bridgehead atoms. The van der Waals surface area contributed by atoms with Gasteiger partial charge in [-0.25, -0.2) is 24.2 Å². The van der Waals surface area contributed by atoms with Crippen LogP contribution in [0.25, 0.3) is 0 Å². The smallest absolute Gasteiger partial charge is 0.257 e. The van der Waals surface area contributed by atoms with Crippen LogP contribution in [-0.2, 0) is 0 Å². The molecule has 1 atom stereocenters. The predicted octanol–water partition coefficient (Wildman–Crippen LogP) is 1.56. The third-order valence-corrected chi connectivity index (χ3v) is 5.72. The summed E-state index contributed by atoms with van der Waals surface area (Å²) in [5.41, 5.74) is 4.76. The number of halogens is 3. The molecular formula is C20H21ClF2N10. The second-order valence-corrected chi connectivity index (χ2v) is 7.94. The first-order valence-electron chi connectivity index (χ1n) is 10.2. The Labute approximate surface area is 194 Å². The van der Waals surface area contributed by atoms with Crippen molar-refractivity contribution in [2.75, 3.05) is 42.9 Å². The van der Waals surface area contributed by atoms with Crippen LogP contribution in [0.2, 0.25) is 5.02 Å². The van der Waals surface area contributed by atoms with Crippen molar-refractivity contribution in [3.8, 4) is 12.1 Å². The first-order valence-corrected chi connectivity index (χ1v) is 10.6. The van der Waals surface area contributed by atoms with Gasteiger partial charge in [-0.2, -0.15) is 15.5 Å². The summed E-state index contributed by atoms with van der Waals surface area (Å²) in [5.74, 6) is 0.453. The van der Waals surface area contributed by atoms with Crippen molar-refractivity contribution in [1.82, 2.24) is 21.1 Å². The summed E-state index contributed by atoms with van der Waals surface area (Å²) in [6, 6.07) is 7.69. The lowest BCUT2D eigenvalue weighted by Gasteiger charge is -2.37. The van der Waals surface area contributed by atoms with Gasteiger partial charge in [-0.3, -0.25) is 0 Å². The number of hydrogen-bond donors (Lipinski definition) is 4. The fourth-order valence-electron chi connectivity index (χ4n) is 3.76. The van der Waals surface area contributed by atoms with Crippen LogP contribution in [-0.4, -0.2) is 62.1 Å². The van der Waals surface area contributed by atoms with Crippen molar-refractivity contribution in [1.29, 1.82) is 10.5 Å². The fourth-order valence-corrected chi connectivity index (χ4v) is 4.02. The average Bonchev–Trinajstić information content (AvgIpc) is 3.22. The number of hydrogen-bond acceptors (Lipinski definition) is 8. The van der Waals surface area contributed by atoms with E-state index in [0.717, 1.165) is 19.6 Å². The van der Waals surface area contributed by atoms with Gasteiger partial charge in [0.15, 0.2) is 0 Å². The lowest BCUT2D eigenvalue weighted by Crippen LogP contribution is -2.50. The lowest BCUT2D eigenvalue weighted by atomic mass is 10.1. The van der Waals surface area contributed by atoms with Gasteiger partial charge in [0.1, 0.15) is 12.4 Å². The van der Waals surface area contributed by atoms with Crippen LogP contribution in [0.1, 0.15) is 12.5 Å². The van der Waals surface area contributed by atoms with Gasteiger partial charge < -0.3 is 20.9 Å².